The van der Waals surface area contributed by atoms with Crippen LogP contribution in [0.3, 0.4) is 0 Å². The largest absolute Gasteiger partial charge is 0.300 e. The molecule has 1 aromatic heterocycles. The molecule has 0 fully saturated rings. The Bertz CT molecular complexity index is 821. The Morgan fingerprint density at radius 3 is 2.68 bits per heavy atom. The Kier molecular flexibility index (Phi) is 5.25. The average Bonchev–Trinajstić information content (AvgIpc) is 2.74. The summed E-state index contributed by atoms with van der Waals surface area (Å²) in [6, 6.07) is 11.1. The van der Waals surface area contributed by atoms with Crippen molar-refractivity contribution >= 4 is 9.84 Å². The average molecular weight is 359 g/mol. The molecular formula is C20H26N2O2S. The highest BCUT2D eigenvalue weighted by molar-refractivity contribution is 7.91. The number of hydrogen-bond acceptors (Lipinski definition) is 4. The van der Waals surface area contributed by atoms with E-state index in [1.54, 1.807) is 12.3 Å². The molecule has 0 radical (unpaired) electrons. The molecule has 1 aliphatic heterocycles. The van der Waals surface area contributed by atoms with E-state index in [4.69, 9.17) is 0 Å². The van der Waals surface area contributed by atoms with Crippen LogP contribution in [0.5, 0.6) is 0 Å². The van der Waals surface area contributed by atoms with E-state index in [0.29, 0.717) is 4.90 Å². The Morgan fingerprint density at radius 2 is 2.00 bits per heavy atom. The highest BCUT2D eigenvalue weighted by Gasteiger charge is 2.41. The minimum atomic E-state index is -3.35. The Labute approximate surface area is 150 Å². The first kappa shape index (κ1) is 18.1. The number of aromatic nitrogens is 1. The zero-order chi connectivity index (χ0) is 17.9. The molecule has 0 amide bonds. The summed E-state index contributed by atoms with van der Waals surface area (Å²) >= 11 is 0. The molecule has 1 N–H and O–H groups in total. The van der Waals surface area contributed by atoms with E-state index in [1.165, 1.54) is 0 Å². The van der Waals surface area contributed by atoms with Gasteiger partial charge in [-0.15, -0.1) is 0 Å². The predicted molar refractivity (Wildman–Crippen MR) is 100 cm³/mol. The van der Waals surface area contributed by atoms with Gasteiger partial charge in [-0.05, 0) is 36.1 Å². The van der Waals surface area contributed by atoms with Crippen LogP contribution < -0.4 is 5.32 Å². The monoisotopic (exact) mass is 358 g/mol. The van der Waals surface area contributed by atoms with E-state index in [9.17, 15) is 8.42 Å². The molecule has 0 saturated heterocycles. The molecule has 2 heterocycles. The molecular weight excluding hydrogens is 332 g/mol. The molecule has 0 aliphatic carbocycles. The van der Waals surface area contributed by atoms with Gasteiger partial charge in [-0.25, -0.2) is 8.42 Å². The molecule has 2 atom stereocenters. The van der Waals surface area contributed by atoms with E-state index in [0.717, 1.165) is 36.8 Å². The number of hydrogen-bond donors (Lipinski definition) is 1. The molecule has 134 valence electrons. The third-order valence-corrected chi connectivity index (χ3v) is 7.16. The van der Waals surface area contributed by atoms with Crippen molar-refractivity contribution in [3.63, 3.8) is 0 Å². The van der Waals surface area contributed by atoms with Crippen molar-refractivity contribution in [3.05, 3.63) is 59.9 Å². The van der Waals surface area contributed by atoms with Crippen LogP contribution >= 0.6 is 0 Å². The number of rotatable bonds is 5. The molecule has 1 aromatic carbocycles. The lowest BCUT2D eigenvalue weighted by molar-refractivity contribution is 0.294. The Hall–Kier alpha value is -1.72. The van der Waals surface area contributed by atoms with Crippen molar-refractivity contribution in [2.24, 2.45) is 0 Å². The van der Waals surface area contributed by atoms with E-state index in [1.807, 2.05) is 36.5 Å². The number of benzene rings is 1. The number of fused-ring (bicyclic) bond motifs is 1. The summed E-state index contributed by atoms with van der Waals surface area (Å²) in [7, 11) is -3.35. The highest BCUT2D eigenvalue weighted by atomic mass is 32.2. The number of nitrogens with one attached hydrogen (secondary N) is 1. The number of pyridine rings is 1. The summed E-state index contributed by atoms with van der Waals surface area (Å²) in [5.41, 5.74) is 1.40. The minimum Gasteiger partial charge on any atom is -0.300 e. The molecule has 4 nitrogen and oxygen atoms in total. The van der Waals surface area contributed by atoms with Gasteiger partial charge < -0.3 is 0 Å². The van der Waals surface area contributed by atoms with Gasteiger partial charge in [0.1, 0.15) is 0 Å². The molecule has 0 saturated carbocycles. The number of sulfone groups is 1. The van der Waals surface area contributed by atoms with E-state index < -0.39 is 15.4 Å². The van der Waals surface area contributed by atoms with Crippen LogP contribution in [0, 0.1) is 0 Å². The van der Waals surface area contributed by atoms with Crippen molar-refractivity contribution in [2.75, 3.05) is 5.75 Å². The Morgan fingerprint density at radius 1 is 1.20 bits per heavy atom. The quantitative estimate of drug-likeness (QED) is 0.881. The van der Waals surface area contributed by atoms with Gasteiger partial charge in [0.2, 0.25) is 0 Å². The van der Waals surface area contributed by atoms with E-state index in [-0.39, 0.29) is 11.8 Å². The smallest absolute Gasteiger partial charge is 0.180 e. The normalized spacial score (nSPS) is 25.1. The zero-order valence-corrected chi connectivity index (χ0v) is 15.7. The zero-order valence-electron chi connectivity index (χ0n) is 14.9. The summed E-state index contributed by atoms with van der Waals surface area (Å²) in [6.07, 6.45) is 7.25. The van der Waals surface area contributed by atoms with Crippen molar-refractivity contribution in [1.29, 1.82) is 0 Å². The van der Waals surface area contributed by atoms with Gasteiger partial charge >= 0.3 is 0 Å². The first-order chi connectivity index (χ1) is 12.0. The summed E-state index contributed by atoms with van der Waals surface area (Å²) in [5, 5.41) is 3.72. The highest BCUT2D eigenvalue weighted by Crippen LogP contribution is 2.37. The van der Waals surface area contributed by atoms with Crippen LogP contribution in [0.2, 0.25) is 0 Å². The van der Waals surface area contributed by atoms with Crippen LogP contribution in [-0.2, 0) is 9.84 Å². The first-order valence-electron chi connectivity index (χ1n) is 9.00. The summed E-state index contributed by atoms with van der Waals surface area (Å²) in [5.74, 6) is 0.143. The molecule has 0 bridgehead atoms. The summed E-state index contributed by atoms with van der Waals surface area (Å²) in [6.45, 7) is 4.22. The lowest BCUT2D eigenvalue weighted by atomic mass is 9.88. The lowest BCUT2D eigenvalue weighted by Gasteiger charge is -2.35. The van der Waals surface area contributed by atoms with Gasteiger partial charge in [-0.2, -0.15) is 0 Å². The maximum atomic E-state index is 13.2. The van der Waals surface area contributed by atoms with Crippen LogP contribution in [0.25, 0.3) is 0 Å². The van der Waals surface area contributed by atoms with E-state index >= 15 is 0 Å². The van der Waals surface area contributed by atoms with Gasteiger partial charge in [0.05, 0.1) is 16.7 Å². The van der Waals surface area contributed by atoms with Crippen molar-refractivity contribution in [3.8, 4) is 0 Å². The standard InChI is InChI=1S/C20H26N2O2S/c1-3-5-12-20(4-2)15-25(23,24)18-11-7-6-10-17(18)19(22-20)16-9-8-13-21-14-16/h6-11,13-14,19,22H,3-5,12,15H2,1-2H3/t19-,20+/m1/s1. The third-order valence-electron chi connectivity index (χ3n) is 5.19. The fourth-order valence-corrected chi connectivity index (χ4v) is 5.87. The van der Waals surface area contributed by atoms with Gasteiger partial charge in [0, 0.05) is 17.9 Å². The maximum Gasteiger partial charge on any atom is 0.180 e. The van der Waals surface area contributed by atoms with E-state index in [2.05, 4.69) is 24.1 Å². The van der Waals surface area contributed by atoms with Crippen LogP contribution in [0.1, 0.15) is 56.7 Å². The Balaban J connectivity index is 2.17. The van der Waals surface area contributed by atoms with Gasteiger partial charge in [0.25, 0.3) is 0 Å². The van der Waals surface area contributed by atoms with Gasteiger partial charge in [-0.3, -0.25) is 10.3 Å². The second-order valence-electron chi connectivity index (χ2n) is 6.90. The topological polar surface area (TPSA) is 59.1 Å². The molecule has 1 aliphatic rings. The molecule has 25 heavy (non-hydrogen) atoms. The van der Waals surface area contributed by atoms with Crippen molar-refractivity contribution in [2.45, 2.75) is 56.0 Å². The van der Waals surface area contributed by atoms with Crippen LogP contribution in [-0.4, -0.2) is 24.7 Å². The molecule has 2 aromatic rings. The SMILES string of the molecule is CCCC[C@@]1(CC)CS(=O)(=O)c2ccccc2[C@@H](c2cccnc2)N1. The number of nitrogens with zero attached hydrogens (tertiary/aromatic N) is 1. The maximum absolute atomic E-state index is 13.2. The van der Waals surface area contributed by atoms with Crippen molar-refractivity contribution in [1.82, 2.24) is 10.3 Å². The molecule has 5 heteroatoms. The van der Waals surface area contributed by atoms with Crippen LogP contribution in [0.15, 0.2) is 53.7 Å². The second kappa shape index (κ2) is 7.26. The summed E-state index contributed by atoms with van der Waals surface area (Å²) in [4.78, 5) is 4.69. The fourth-order valence-electron chi connectivity index (χ4n) is 3.72. The van der Waals surface area contributed by atoms with Gasteiger partial charge in [0.15, 0.2) is 9.84 Å². The first-order valence-corrected chi connectivity index (χ1v) is 10.7. The lowest BCUT2D eigenvalue weighted by Crippen LogP contribution is -2.50. The van der Waals surface area contributed by atoms with Crippen LogP contribution in [0.4, 0.5) is 0 Å². The molecule has 0 spiro atoms. The third kappa shape index (κ3) is 3.62. The minimum absolute atomic E-state index is 0.143. The predicted octanol–water partition coefficient (Wildman–Crippen LogP) is 3.89. The second-order valence-corrected chi connectivity index (χ2v) is 8.86. The summed E-state index contributed by atoms with van der Waals surface area (Å²) < 4.78 is 26.3. The van der Waals surface area contributed by atoms with Crippen molar-refractivity contribution < 1.29 is 8.42 Å². The fraction of sp³-hybridized carbons (Fsp3) is 0.450. The molecule has 0 unspecified atom stereocenters. The van der Waals surface area contributed by atoms with Gasteiger partial charge in [-0.1, -0.05) is 51.0 Å². The number of unbranched alkanes of at least 4 members (excludes halogenated alkanes) is 1. The molecule has 3 rings (SSSR count).